The highest BCUT2D eigenvalue weighted by Gasteiger charge is 2.19. The molecule has 3 nitrogen and oxygen atoms in total. The molecule has 1 atom stereocenters. The van der Waals surface area contributed by atoms with Gasteiger partial charge in [0.05, 0.1) is 6.61 Å². The van der Waals surface area contributed by atoms with Crippen molar-refractivity contribution < 1.29 is 4.74 Å². The van der Waals surface area contributed by atoms with Crippen LogP contribution in [0, 0.1) is 13.8 Å². The van der Waals surface area contributed by atoms with Crippen molar-refractivity contribution in [3.8, 4) is 5.75 Å². The molecular formula is C22H28N2O. The largest absolute Gasteiger partial charge is 0.494 e. The molecule has 0 fully saturated rings. The third kappa shape index (κ3) is 3.42. The predicted molar refractivity (Wildman–Crippen MR) is 106 cm³/mol. The molecule has 0 saturated heterocycles. The van der Waals surface area contributed by atoms with Gasteiger partial charge in [-0.2, -0.15) is 0 Å². The quantitative estimate of drug-likeness (QED) is 0.721. The second-order valence-corrected chi connectivity index (χ2v) is 6.83. The van der Waals surface area contributed by atoms with Gasteiger partial charge in [-0.25, -0.2) is 0 Å². The first kappa shape index (κ1) is 17.6. The number of aromatic nitrogens is 1. The first-order valence-corrected chi connectivity index (χ1v) is 9.02. The van der Waals surface area contributed by atoms with Crippen LogP contribution in [0.15, 0.2) is 42.6 Å². The highest BCUT2D eigenvalue weighted by atomic mass is 16.5. The minimum atomic E-state index is 0.242. The Morgan fingerprint density at radius 1 is 1.12 bits per heavy atom. The minimum absolute atomic E-state index is 0.242. The average molecular weight is 336 g/mol. The number of benzene rings is 2. The fourth-order valence-electron chi connectivity index (χ4n) is 3.59. The highest BCUT2D eigenvalue weighted by molar-refractivity contribution is 5.84. The highest BCUT2D eigenvalue weighted by Crippen LogP contribution is 2.33. The van der Waals surface area contributed by atoms with E-state index in [0.717, 1.165) is 12.2 Å². The van der Waals surface area contributed by atoms with Crippen molar-refractivity contribution in [2.24, 2.45) is 12.8 Å². The number of ether oxygens (including phenoxy) is 1. The molecule has 2 N–H and O–H groups in total. The van der Waals surface area contributed by atoms with Crippen LogP contribution in [0.4, 0.5) is 0 Å². The summed E-state index contributed by atoms with van der Waals surface area (Å²) in [6.07, 6.45) is 3.15. The van der Waals surface area contributed by atoms with Crippen LogP contribution in [-0.2, 0) is 13.5 Å². The number of para-hydroxylation sites is 1. The molecule has 0 spiro atoms. The van der Waals surface area contributed by atoms with Gasteiger partial charge in [-0.3, -0.25) is 0 Å². The number of fused-ring (bicyclic) bond motifs is 1. The van der Waals surface area contributed by atoms with E-state index in [1.165, 1.54) is 33.2 Å². The SMILES string of the molecule is CCOc1cc(C)c(C)cc1C(CN)Cc1cn(C)c2ccccc12. The van der Waals surface area contributed by atoms with Crippen LogP contribution in [0.2, 0.25) is 0 Å². The molecule has 25 heavy (non-hydrogen) atoms. The van der Waals surface area contributed by atoms with Crippen molar-refractivity contribution in [2.75, 3.05) is 13.2 Å². The Kier molecular flexibility index (Phi) is 5.14. The molecular weight excluding hydrogens is 308 g/mol. The van der Waals surface area contributed by atoms with E-state index in [9.17, 15) is 0 Å². The van der Waals surface area contributed by atoms with E-state index in [-0.39, 0.29) is 5.92 Å². The van der Waals surface area contributed by atoms with Crippen LogP contribution in [0.25, 0.3) is 10.9 Å². The van der Waals surface area contributed by atoms with Crippen LogP contribution >= 0.6 is 0 Å². The Morgan fingerprint density at radius 2 is 1.84 bits per heavy atom. The molecule has 0 radical (unpaired) electrons. The van der Waals surface area contributed by atoms with E-state index in [1.807, 2.05) is 6.92 Å². The summed E-state index contributed by atoms with van der Waals surface area (Å²) in [5.41, 5.74) is 12.6. The lowest BCUT2D eigenvalue weighted by Gasteiger charge is -2.20. The van der Waals surface area contributed by atoms with E-state index in [2.05, 4.69) is 68.1 Å². The molecule has 3 heteroatoms. The lowest BCUT2D eigenvalue weighted by Crippen LogP contribution is -2.16. The van der Waals surface area contributed by atoms with E-state index in [0.29, 0.717) is 13.2 Å². The monoisotopic (exact) mass is 336 g/mol. The predicted octanol–water partition coefficient (Wildman–Crippen LogP) is 4.48. The first-order valence-electron chi connectivity index (χ1n) is 9.02. The molecule has 132 valence electrons. The maximum absolute atomic E-state index is 6.19. The van der Waals surface area contributed by atoms with Crippen LogP contribution in [0.1, 0.15) is 35.1 Å². The lowest BCUT2D eigenvalue weighted by molar-refractivity contribution is 0.333. The van der Waals surface area contributed by atoms with Gasteiger partial charge in [0.2, 0.25) is 0 Å². The summed E-state index contributed by atoms with van der Waals surface area (Å²) in [6, 6.07) is 13.0. The Morgan fingerprint density at radius 3 is 2.56 bits per heavy atom. The van der Waals surface area contributed by atoms with Gasteiger partial charge in [0.25, 0.3) is 0 Å². The second-order valence-electron chi connectivity index (χ2n) is 6.83. The second kappa shape index (κ2) is 7.32. The van der Waals surface area contributed by atoms with Crippen molar-refractivity contribution in [2.45, 2.75) is 33.1 Å². The maximum Gasteiger partial charge on any atom is 0.123 e. The maximum atomic E-state index is 6.19. The molecule has 3 aromatic rings. The van der Waals surface area contributed by atoms with Crippen molar-refractivity contribution in [3.05, 3.63) is 64.8 Å². The first-order chi connectivity index (χ1) is 12.0. The van der Waals surface area contributed by atoms with Gasteiger partial charge >= 0.3 is 0 Å². The molecule has 0 amide bonds. The summed E-state index contributed by atoms with van der Waals surface area (Å²) in [4.78, 5) is 0. The van der Waals surface area contributed by atoms with Gasteiger partial charge in [0.1, 0.15) is 5.75 Å². The molecule has 0 aliphatic carbocycles. The van der Waals surface area contributed by atoms with Crippen LogP contribution in [0.3, 0.4) is 0 Å². The Hall–Kier alpha value is -2.26. The van der Waals surface area contributed by atoms with Gasteiger partial charge < -0.3 is 15.0 Å². The van der Waals surface area contributed by atoms with Crippen molar-refractivity contribution in [1.29, 1.82) is 0 Å². The summed E-state index contributed by atoms with van der Waals surface area (Å²) < 4.78 is 8.12. The Balaban J connectivity index is 2.01. The molecule has 1 unspecified atom stereocenters. The van der Waals surface area contributed by atoms with Gasteiger partial charge in [0, 0.05) is 30.1 Å². The summed E-state index contributed by atoms with van der Waals surface area (Å²) in [7, 11) is 2.10. The summed E-state index contributed by atoms with van der Waals surface area (Å²) in [5.74, 6) is 1.22. The summed E-state index contributed by atoms with van der Waals surface area (Å²) >= 11 is 0. The van der Waals surface area contributed by atoms with Crippen LogP contribution < -0.4 is 10.5 Å². The zero-order chi connectivity index (χ0) is 18.0. The molecule has 3 rings (SSSR count). The zero-order valence-electron chi connectivity index (χ0n) is 15.7. The van der Waals surface area contributed by atoms with Crippen molar-refractivity contribution in [3.63, 3.8) is 0 Å². The zero-order valence-corrected chi connectivity index (χ0v) is 15.7. The Bertz CT molecular complexity index is 879. The van der Waals surface area contributed by atoms with E-state index in [1.54, 1.807) is 0 Å². The third-order valence-corrected chi connectivity index (χ3v) is 5.10. The minimum Gasteiger partial charge on any atom is -0.494 e. The van der Waals surface area contributed by atoms with Gasteiger partial charge in [0.15, 0.2) is 0 Å². The van der Waals surface area contributed by atoms with E-state index >= 15 is 0 Å². The van der Waals surface area contributed by atoms with Gasteiger partial charge in [-0.05, 0) is 68.1 Å². The lowest BCUT2D eigenvalue weighted by atomic mass is 9.89. The standard InChI is InChI=1S/C22H28N2O/c1-5-25-22-11-16(3)15(2)10-20(22)17(13-23)12-18-14-24(4)21-9-7-6-8-19(18)21/h6-11,14,17H,5,12-13,23H2,1-4H3. The number of hydrogen-bond donors (Lipinski definition) is 1. The smallest absolute Gasteiger partial charge is 0.123 e. The summed E-state index contributed by atoms with van der Waals surface area (Å²) in [6.45, 7) is 7.58. The molecule has 0 aliphatic heterocycles. The third-order valence-electron chi connectivity index (χ3n) is 5.10. The number of rotatable bonds is 6. The average Bonchev–Trinajstić information content (AvgIpc) is 2.92. The molecule has 1 aromatic heterocycles. The fraction of sp³-hybridized carbons (Fsp3) is 0.364. The number of hydrogen-bond acceptors (Lipinski definition) is 2. The van der Waals surface area contributed by atoms with E-state index < -0.39 is 0 Å². The van der Waals surface area contributed by atoms with Crippen LogP contribution in [-0.4, -0.2) is 17.7 Å². The number of aryl methyl sites for hydroxylation is 3. The molecule has 0 bridgehead atoms. The topological polar surface area (TPSA) is 40.2 Å². The van der Waals surface area contributed by atoms with Crippen molar-refractivity contribution in [1.82, 2.24) is 4.57 Å². The normalized spacial score (nSPS) is 12.5. The molecule has 2 aromatic carbocycles. The Labute approximate surface area is 150 Å². The molecule has 0 saturated carbocycles. The van der Waals surface area contributed by atoms with Gasteiger partial charge in [-0.15, -0.1) is 0 Å². The van der Waals surface area contributed by atoms with Gasteiger partial charge in [-0.1, -0.05) is 24.3 Å². The number of nitrogens with two attached hydrogens (primary N) is 1. The van der Waals surface area contributed by atoms with E-state index in [4.69, 9.17) is 10.5 Å². The molecule has 1 heterocycles. The number of nitrogens with zero attached hydrogens (tertiary/aromatic N) is 1. The van der Waals surface area contributed by atoms with Crippen LogP contribution in [0.5, 0.6) is 5.75 Å². The molecule has 0 aliphatic rings. The summed E-state index contributed by atoms with van der Waals surface area (Å²) in [5, 5.41) is 1.31. The fourth-order valence-corrected chi connectivity index (χ4v) is 3.59. The van der Waals surface area contributed by atoms with Crippen molar-refractivity contribution >= 4 is 10.9 Å².